The molecule has 0 N–H and O–H groups in total. The molecule has 5 heteroatoms. The minimum atomic E-state index is -0.655. The minimum Gasteiger partial charge on any atom is -0.493 e. The predicted molar refractivity (Wildman–Crippen MR) is 105 cm³/mol. The highest BCUT2D eigenvalue weighted by Crippen LogP contribution is 2.40. The lowest BCUT2D eigenvalue weighted by molar-refractivity contribution is -0.231. The summed E-state index contributed by atoms with van der Waals surface area (Å²) in [6.07, 6.45) is 2.74. The van der Waals surface area contributed by atoms with E-state index in [2.05, 4.69) is 25.7 Å². The number of piperidine rings is 1. The summed E-state index contributed by atoms with van der Waals surface area (Å²) in [4.78, 5) is 2.52. The van der Waals surface area contributed by atoms with Gasteiger partial charge in [0.05, 0.1) is 24.7 Å². The van der Waals surface area contributed by atoms with E-state index in [1.54, 1.807) is 0 Å². The summed E-state index contributed by atoms with van der Waals surface area (Å²) in [5, 5.41) is 0.677. The normalized spacial score (nSPS) is 30.5. The molecule has 0 spiro atoms. The molecule has 4 nitrogen and oxygen atoms in total. The maximum atomic E-state index is 6.39. The predicted octanol–water partition coefficient (Wildman–Crippen LogP) is 4.61. The van der Waals surface area contributed by atoms with Crippen LogP contribution in [0, 0.1) is 11.3 Å². The first-order valence-corrected chi connectivity index (χ1v) is 10.1. The van der Waals surface area contributed by atoms with E-state index in [-0.39, 0.29) is 11.5 Å². The minimum absolute atomic E-state index is 0.121. The zero-order valence-corrected chi connectivity index (χ0v) is 17.2. The molecule has 3 atom stereocenters. The summed E-state index contributed by atoms with van der Waals surface area (Å²) in [6, 6.07) is 7.48. The molecule has 0 bridgehead atoms. The van der Waals surface area contributed by atoms with Crippen LogP contribution >= 0.6 is 11.6 Å². The van der Waals surface area contributed by atoms with Crippen molar-refractivity contribution in [2.75, 3.05) is 32.8 Å². The van der Waals surface area contributed by atoms with Crippen molar-refractivity contribution < 1.29 is 14.2 Å². The van der Waals surface area contributed by atoms with E-state index >= 15 is 0 Å². The molecule has 26 heavy (non-hydrogen) atoms. The topological polar surface area (TPSA) is 30.9 Å². The molecular formula is C21H32ClNO3. The average Bonchev–Trinajstić information content (AvgIpc) is 2.96. The fourth-order valence-corrected chi connectivity index (χ4v) is 3.96. The van der Waals surface area contributed by atoms with Crippen LogP contribution in [0.15, 0.2) is 24.3 Å². The fraction of sp³-hybridized carbons (Fsp3) is 0.714. The van der Waals surface area contributed by atoms with Gasteiger partial charge < -0.3 is 19.1 Å². The second-order valence-electron chi connectivity index (χ2n) is 8.63. The fourth-order valence-electron chi connectivity index (χ4n) is 3.78. The van der Waals surface area contributed by atoms with E-state index in [1.165, 1.54) is 19.4 Å². The van der Waals surface area contributed by atoms with Crippen LogP contribution in [-0.4, -0.2) is 49.6 Å². The van der Waals surface area contributed by atoms with Crippen LogP contribution in [0.4, 0.5) is 0 Å². The van der Waals surface area contributed by atoms with Gasteiger partial charge in [0.2, 0.25) is 0 Å². The Morgan fingerprint density at radius 1 is 1.38 bits per heavy atom. The van der Waals surface area contributed by atoms with Gasteiger partial charge in [0, 0.05) is 18.1 Å². The van der Waals surface area contributed by atoms with Gasteiger partial charge in [-0.05, 0) is 50.4 Å². The van der Waals surface area contributed by atoms with Gasteiger partial charge in [-0.3, -0.25) is 0 Å². The Labute approximate surface area is 162 Å². The molecule has 0 radical (unpaired) electrons. The molecule has 146 valence electrons. The number of ether oxygens (including phenoxy) is 3. The van der Waals surface area contributed by atoms with Crippen molar-refractivity contribution in [3.05, 3.63) is 29.3 Å². The average molecular weight is 382 g/mol. The highest BCUT2D eigenvalue weighted by atomic mass is 35.5. The number of likely N-dealkylation sites (tertiary alicyclic amines) is 1. The second kappa shape index (κ2) is 8.05. The Bertz CT molecular complexity index is 609. The highest BCUT2D eigenvalue weighted by Gasteiger charge is 2.50. The van der Waals surface area contributed by atoms with E-state index < -0.39 is 5.79 Å². The van der Waals surface area contributed by atoms with Crippen LogP contribution < -0.4 is 4.74 Å². The summed E-state index contributed by atoms with van der Waals surface area (Å²) in [5.74, 6) is 0.892. The van der Waals surface area contributed by atoms with Crippen molar-refractivity contribution in [3.63, 3.8) is 0 Å². The van der Waals surface area contributed by atoms with Gasteiger partial charge in [0.1, 0.15) is 5.75 Å². The third kappa shape index (κ3) is 4.72. The maximum Gasteiger partial charge on any atom is 0.174 e. The van der Waals surface area contributed by atoms with Gasteiger partial charge in [-0.1, -0.05) is 38.4 Å². The Morgan fingerprint density at radius 2 is 2.19 bits per heavy atom. The summed E-state index contributed by atoms with van der Waals surface area (Å²) in [7, 11) is 0. The molecule has 2 aliphatic rings. The van der Waals surface area contributed by atoms with E-state index in [9.17, 15) is 0 Å². The number of hydrogen-bond acceptors (Lipinski definition) is 4. The summed E-state index contributed by atoms with van der Waals surface area (Å²) >= 11 is 6.04. The summed E-state index contributed by atoms with van der Waals surface area (Å²) < 4.78 is 18.5. The van der Waals surface area contributed by atoms with Gasteiger partial charge in [0.15, 0.2) is 5.79 Å². The van der Waals surface area contributed by atoms with Gasteiger partial charge in [0.25, 0.3) is 0 Å². The highest BCUT2D eigenvalue weighted by molar-refractivity contribution is 6.30. The molecule has 0 aliphatic carbocycles. The number of benzene rings is 1. The van der Waals surface area contributed by atoms with Crippen LogP contribution in [0.1, 0.15) is 40.5 Å². The van der Waals surface area contributed by atoms with Crippen LogP contribution in [0.5, 0.6) is 5.75 Å². The zero-order valence-electron chi connectivity index (χ0n) is 16.5. The van der Waals surface area contributed by atoms with Gasteiger partial charge in [-0.2, -0.15) is 0 Å². The van der Waals surface area contributed by atoms with Crippen LogP contribution in [-0.2, 0) is 9.47 Å². The van der Waals surface area contributed by atoms with Gasteiger partial charge in [-0.15, -0.1) is 0 Å². The van der Waals surface area contributed by atoms with Crippen LogP contribution in [0.25, 0.3) is 0 Å². The van der Waals surface area contributed by atoms with Crippen molar-refractivity contribution in [3.8, 4) is 5.75 Å². The first kappa shape index (κ1) is 19.9. The SMILES string of the molecule is CC1CCCN(CC2COC(C)(C(C)(C)COc3cccc(Cl)c3)O2)C1. The third-order valence-electron chi connectivity index (χ3n) is 5.76. The molecule has 0 amide bonds. The molecule has 1 aromatic carbocycles. The number of halogens is 1. The standard InChI is InChI=1S/C21H32ClNO3/c1-16-7-6-10-23(12-16)13-19-14-25-21(4,26-19)20(2,3)15-24-18-9-5-8-17(22)11-18/h5,8-9,11,16,19H,6-7,10,12-15H2,1-4H3. The quantitative estimate of drug-likeness (QED) is 0.720. The lowest BCUT2D eigenvalue weighted by Crippen LogP contribution is -2.48. The Balaban J connectivity index is 1.55. The van der Waals surface area contributed by atoms with Crippen molar-refractivity contribution >= 4 is 11.6 Å². The third-order valence-corrected chi connectivity index (χ3v) is 6.00. The van der Waals surface area contributed by atoms with Crippen molar-refractivity contribution in [2.45, 2.75) is 52.4 Å². The van der Waals surface area contributed by atoms with Gasteiger partial charge >= 0.3 is 0 Å². The molecule has 1 aromatic rings. The van der Waals surface area contributed by atoms with E-state index in [0.717, 1.165) is 24.8 Å². The van der Waals surface area contributed by atoms with E-state index in [4.69, 9.17) is 25.8 Å². The molecule has 2 saturated heterocycles. The molecule has 2 fully saturated rings. The largest absolute Gasteiger partial charge is 0.493 e. The molecular weight excluding hydrogens is 350 g/mol. The number of hydrogen-bond donors (Lipinski definition) is 0. The first-order valence-electron chi connectivity index (χ1n) is 9.70. The molecule has 2 aliphatic heterocycles. The molecule has 0 saturated carbocycles. The number of nitrogens with zero attached hydrogens (tertiary/aromatic N) is 1. The lowest BCUT2D eigenvalue weighted by atomic mass is 9.85. The monoisotopic (exact) mass is 381 g/mol. The molecule has 0 aromatic heterocycles. The van der Waals surface area contributed by atoms with Crippen molar-refractivity contribution in [1.29, 1.82) is 0 Å². The lowest BCUT2D eigenvalue weighted by Gasteiger charge is -2.39. The van der Waals surface area contributed by atoms with E-state index in [1.807, 2.05) is 31.2 Å². The van der Waals surface area contributed by atoms with Crippen LogP contribution in [0.3, 0.4) is 0 Å². The summed E-state index contributed by atoms with van der Waals surface area (Å²) in [6.45, 7) is 13.0. The Hall–Kier alpha value is -0.810. The summed E-state index contributed by atoms with van der Waals surface area (Å²) in [5.41, 5.74) is -0.292. The molecule has 3 rings (SSSR count). The van der Waals surface area contributed by atoms with E-state index in [0.29, 0.717) is 18.2 Å². The first-order chi connectivity index (χ1) is 12.3. The van der Waals surface area contributed by atoms with Gasteiger partial charge in [-0.25, -0.2) is 0 Å². The number of rotatable bonds is 6. The van der Waals surface area contributed by atoms with Crippen molar-refractivity contribution in [2.24, 2.45) is 11.3 Å². The Morgan fingerprint density at radius 3 is 2.92 bits per heavy atom. The smallest absolute Gasteiger partial charge is 0.174 e. The van der Waals surface area contributed by atoms with Crippen molar-refractivity contribution in [1.82, 2.24) is 4.90 Å². The molecule has 3 unspecified atom stereocenters. The Kier molecular flexibility index (Phi) is 6.18. The second-order valence-corrected chi connectivity index (χ2v) is 9.07. The molecule has 2 heterocycles. The van der Waals surface area contributed by atoms with Crippen LogP contribution in [0.2, 0.25) is 5.02 Å². The maximum absolute atomic E-state index is 6.39. The zero-order chi connectivity index (χ0) is 18.8.